The molecule has 0 bridgehead atoms. The summed E-state index contributed by atoms with van der Waals surface area (Å²) >= 11 is 0. The van der Waals surface area contributed by atoms with E-state index in [2.05, 4.69) is 28.8 Å². The fourth-order valence-corrected chi connectivity index (χ4v) is 4.84. The molecule has 28 heavy (non-hydrogen) atoms. The number of hydrogen-bond acceptors (Lipinski definition) is 4. The predicted octanol–water partition coefficient (Wildman–Crippen LogP) is 1.79. The van der Waals surface area contributed by atoms with Crippen LogP contribution in [0.15, 0.2) is 30.3 Å². The first-order valence-electron chi connectivity index (χ1n) is 10.2. The smallest absolute Gasteiger partial charge is 0.241 e. The highest BCUT2D eigenvalue weighted by Crippen LogP contribution is 2.42. The van der Waals surface area contributed by atoms with Gasteiger partial charge in [-0.05, 0) is 24.8 Å². The Hall–Kier alpha value is -2.39. The second kappa shape index (κ2) is 7.21. The van der Waals surface area contributed by atoms with Gasteiger partial charge in [0.2, 0.25) is 11.8 Å². The Morgan fingerprint density at radius 1 is 1.29 bits per heavy atom. The van der Waals surface area contributed by atoms with Gasteiger partial charge in [0.25, 0.3) is 0 Å². The van der Waals surface area contributed by atoms with Crippen molar-refractivity contribution in [3.05, 3.63) is 35.9 Å². The van der Waals surface area contributed by atoms with Gasteiger partial charge in [0.15, 0.2) is 0 Å². The van der Waals surface area contributed by atoms with Crippen molar-refractivity contribution >= 4 is 11.8 Å². The third-order valence-corrected chi connectivity index (χ3v) is 6.76. The fraction of sp³-hybridized carbons (Fsp3) is 0.591. The molecule has 2 heterocycles. The second-order valence-corrected chi connectivity index (χ2v) is 8.90. The normalized spacial score (nSPS) is 33.3. The Labute approximate surface area is 166 Å². The maximum absolute atomic E-state index is 13.1. The number of nitrogens with one attached hydrogen (secondary N) is 2. The summed E-state index contributed by atoms with van der Waals surface area (Å²) < 4.78 is 0. The van der Waals surface area contributed by atoms with Gasteiger partial charge in [0.1, 0.15) is 6.04 Å². The summed E-state index contributed by atoms with van der Waals surface area (Å²) in [5, 5.41) is 15.8. The SMILES string of the molecule is CC1(C)[C@@H](C(=O)N2CCC[C@H]2C#N)NC[C@H]1C(=O)N[C@H]1C[C@H]1c1ccccc1. The highest BCUT2D eigenvalue weighted by molar-refractivity contribution is 5.88. The van der Waals surface area contributed by atoms with E-state index in [-0.39, 0.29) is 29.8 Å². The zero-order valence-electron chi connectivity index (χ0n) is 16.5. The molecule has 2 N–H and O–H groups in total. The Kier molecular flexibility index (Phi) is 4.88. The van der Waals surface area contributed by atoms with E-state index in [1.54, 1.807) is 4.90 Å². The molecular formula is C22H28N4O2. The van der Waals surface area contributed by atoms with Crippen LogP contribution in [-0.2, 0) is 9.59 Å². The molecule has 0 radical (unpaired) electrons. The fourth-order valence-electron chi connectivity index (χ4n) is 4.84. The van der Waals surface area contributed by atoms with Crippen molar-refractivity contribution in [2.75, 3.05) is 13.1 Å². The lowest BCUT2D eigenvalue weighted by atomic mass is 9.75. The molecule has 1 aliphatic carbocycles. The molecule has 3 fully saturated rings. The molecule has 5 atom stereocenters. The van der Waals surface area contributed by atoms with Gasteiger partial charge < -0.3 is 15.5 Å². The van der Waals surface area contributed by atoms with Crippen molar-refractivity contribution < 1.29 is 9.59 Å². The molecule has 3 aliphatic rings. The molecule has 2 saturated heterocycles. The van der Waals surface area contributed by atoms with E-state index in [4.69, 9.17) is 0 Å². The summed E-state index contributed by atoms with van der Waals surface area (Å²) in [6.45, 7) is 5.09. The van der Waals surface area contributed by atoms with E-state index in [0.29, 0.717) is 19.0 Å². The first-order chi connectivity index (χ1) is 13.4. The lowest BCUT2D eigenvalue weighted by Crippen LogP contribution is -2.52. The van der Waals surface area contributed by atoms with Crippen LogP contribution in [0, 0.1) is 22.7 Å². The van der Waals surface area contributed by atoms with Crippen LogP contribution in [0.4, 0.5) is 0 Å². The van der Waals surface area contributed by atoms with Crippen LogP contribution in [0.5, 0.6) is 0 Å². The van der Waals surface area contributed by atoms with Gasteiger partial charge in [0.05, 0.1) is 18.0 Å². The standard InChI is InChI=1S/C22H28N4O2/c1-22(2)17(13-24-19(22)21(28)26-10-6-9-15(26)12-23)20(27)25-18-11-16(18)14-7-4-3-5-8-14/h3-5,7-8,15-19,24H,6,9-11,13H2,1-2H3,(H,25,27)/t15-,16-,17-,18-,19+/m0/s1. The first-order valence-corrected chi connectivity index (χ1v) is 10.2. The van der Waals surface area contributed by atoms with Gasteiger partial charge in [-0.25, -0.2) is 0 Å². The van der Waals surface area contributed by atoms with Crippen molar-refractivity contribution in [1.29, 1.82) is 5.26 Å². The monoisotopic (exact) mass is 380 g/mol. The van der Waals surface area contributed by atoms with E-state index >= 15 is 0 Å². The summed E-state index contributed by atoms with van der Waals surface area (Å²) in [5.74, 6) is 0.107. The lowest BCUT2D eigenvalue weighted by molar-refractivity contribution is -0.136. The number of amides is 2. The highest BCUT2D eigenvalue weighted by Gasteiger charge is 2.53. The number of hydrogen-bond donors (Lipinski definition) is 2. The van der Waals surface area contributed by atoms with Crippen LogP contribution in [0.1, 0.15) is 44.6 Å². The van der Waals surface area contributed by atoms with Crippen LogP contribution < -0.4 is 10.6 Å². The number of benzene rings is 1. The number of carbonyl (C=O) groups excluding carboxylic acids is 2. The molecule has 2 amide bonds. The van der Waals surface area contributed by atoms with Crippen LogP contribution in [-0.4, -0.2) is 47.9 Å². The van der Waals surface area contributed by atoms with E-state index in [0.717, 1.165) is 19.3 Å². The van der Waals surface area contributed by atoms with E-state index in [1.807, 2.05) is 32.0 Å². The molecule has 6 nitrogen and oxygen atoms in total. The molecule has 6 heteroatoms. The molecule has 1 saturated carbocycles. The summed E-state index contributed by atoms with van der Waals surface area (Å²) in [6, 6.07) is 11.9. The highest BCUT2D eigenvalue weighted by atomic mass is 16.2. The molecule has 4 rings (SSSR count). The van der Waals surface area contributed by atoms with E-state index in [1.165, 1.54) is 5.56 Å². The number of nitriles is 1. The third-order valence-electron chi connectivity index (χ3n) is 6.76. The number of nitrogens with zero attached hydrogens (tertiary/aromatic N) is 2. The van der Waals surface area contributed by atoms with Crippen molar-refractivity contribution in [3.8, 4) is 6.07 Å². The summed E-state index contributed by atoms with van der Waals surface area (Å²) in [6.07, 6.45) is 2.57. The van der Waals surface area contributed by atoms with Gasteiger partial charge >= 0.3 is 0 Å². The minimum atomic E-state index is -0.499. The van der Waals surface area contributed by atoms with Crippen LogP contribution >= 0.6 is 0 Å². The lowest BCUT2D eigenvalue weighted by Gasteiger charge is -2.33. The number of carbonyl (C=O) groups is 2. The average molecular weight is 380 g/mol. The molecule has 148 valence electrons. The van der Waals surface area contributed by atoms with Gasteiger partial charge in [-0.15, -0.1) is 0 Å². The summed E-state index contributed by atoms with van der Waals surface area (Å²) in [7, 11) is 0. The van der Waals surface area contributed by atoms with Gasteiger partial charge in [-0.3, -0.25) is 9.59 Å². The molecule has 0 spiro atoms. The molecular weight excluding hydrogens is 352 g/mol. The molecule has 2 aliphatic heterocycles. The van der Waals surface area contributed by atoms with Crippen LogP contribution in [0.3, 0.4) is 0 Å². The van der Waals surface area contributed by atoms with Gasteiger partial charge in [0, 0.05) is 30.5 Å². The Morgan fingerprint density at radius 3 is 2.75 bits per heavy atom. The maximum Gasteiger partial charge on any atom is 0.241 e. The van der Waals surface area contributed by atoms with Crippen molar-refractivity contribution in [1.82, 2.24) is 15.5 Å². The summed E-state index contributed by atoms with van der Waals surface area (Å²) in [5.41, 5.74) is 0.766. The van der Waals surface area contributed by atoms with Crippen molar-refractivity contribution in [3.63, 3.8) is 0 Å². The van der Waals surface area contributed by atoms with Crippen molar-refractivity contribution in [2.24, 2.45) is 11.3 Å². The van der Waals surface area contributed by atoms with Crippen LogP contribution in [0.2, 0.25) is 0 Å². The Bertz CT molecular complexity index is 801. The molecule has 1 aromatic carbocycles. The zero-order chi connectivity index (χ0) is 19.9. The Balaban J connectivity index is 1.39. The van der Waals surface area contributed by atoms with Gasteiger partial charge in [-0.1, -0.05) is 44.2 Å². The largest absolute Gasteiger partial charge is 0.352 e. The zero-order valence-corrected chi connectivity index (χ0v) is 16.5. The Morgan fingerprint density at radius 2 is 2.04 bits per heavy atom. The number of rotatable bonds is 4. The molecule has 0 aromatic heterocycles. The van der Waals surface area contributed by atoms with E-state index < -0.39 is 11.5 Å². The maximum atomic E-state index is 13.1. The quantitative estimate of drug-likeness (QED) is 0.834. The van der Waals surface area contributed by atoms with Crippen LogP contribution in [0.25, 0.3) is 0 Å². The van der Waals surface area contributed by atoms with Crippen molar-refractivity contribution in [2.45, 2.75) is 57.2 Å². The first kappa shape index (κ1) is 18.9. The average Bonchev–Trinajstić information content (AvgIpc) is 3.14. The molecule has 0 unspecified atom stereocenters. The minimum absolute atomic E-state index is 0.0227. The molecule has 1 aromatic rings. The predicted molar refractivity (Wildman–Crippen MR) is 105 cm³/mol. The second-order valence-electron chi connectivity index (χ2n) is 8.90. The van der Waals surface area contributed by atoms with Gasteiger partial charge in [-0.2, -0.15) is 5.26 Å². The minimum Gasteiger partial charge on any atom is -0.352 e. The topological polar surface area (TPSA) is 85.2 Å². The number of likely N-dealkylation sites (tertiary alicyclic amines) is 1. The summed E-state index contributed by atoms with van der Waals surface area (Å²) in [4.78, 5) is 27.7. The third kappa shape index (κ3) is 3.29. The van der Waals surface area contributed by atoms with E-state index in [9.17, 15) is 14.9 Å².